The highest BCUT2D eigenvalue weighted by molar-refractivity contribution is 5.90. The molecule has 4 aliphatic carbocycles. The third-order valence-corrected chi connectivity index (χ3v) is 12.7. The van der Waals surface area contributed by atoms with Gasteiger partial charge in [0, 0.05) is 17.8 Å². The van der Waals surface area contributed by atoms with Gasteiger partial charge >= 0.3 is 0 Å². The fraction of sp³-hybridized carbons (Fsp3) is 0.639. The number of benzene rings is 2. The van der Waals surface area contributed by atoms with Gasteiger partial charge in [0.1, 0.15) is 11.6 Å². The van der Waals surface area contributed by atoms with Gasteiger partial charge in [-0.3, -0.25) is 4.79 Å². The van der Waals surface area contributed by atoms with Gasteiger partial charge in [0.05, 0.1) is 11.8 Å². The lowest BCUT2D eigenvalue weighted by atomic mass is 9.44. The summed E-state index contributed by atoms with van der Waals surface area (Å²) in [6.45, 7) is 7.58. The zero-order valence-corrected chi connectivity index (χ0v) is 25.7. The van der Waals surface area contributed by atoms with Crippen LogP contribution in [-0.4, -0.2) is 12.0 Å². The Bertz CT molecular complexity index is 1280. The van der Waals surface area contributed by atoms with Crippen molar-refractivity contribution >= 4 is 23.0 Å². The minimum atomic E-state index is -0.287. The number of fused-ring (bicyclic) bond motifs is 5. The molecule has 0 aliphatic heterocycles. The molecule has 4 saturated carbocycles. The molecule has 42 heavy (non-hydrogen) atoms. The highest BCUT2D eigenvalue weighted by atomic mass is 19.1. The number of hydrogen-bond donors (Lipinski definition) is 3. The third kappa shape index (κ3) is 5.39. The van der Waals surface area contributed by atoms with Crippen LogP contribution in [0.15, 0.2) is 42.5 Å². The molecule has 4 aliphatic rings. The summed E-state index contributed by atoms with van der Waals surface area (Å²) in [5.41, 5.74) is 14.9. The number of ether oxygens (including phenoxy) is 1. The molecule has 6 heteroatoms. The molecule has 0 spiro atoms. The Morgan fingerprint density at radius 1 is 0.976 bits per heavy atom. The van der Waals surface area contributed by atoms with Crippen molar-refractivity contribution in [3.63, 3.8) is 0 Å². The third-order valence-electron chi connectivity index (χ3n) is 12.7. The summed E-state index contributed by atoms with van der Waals surface area (Å²) in [7, 11) is 0. The predicted octanol–water partition coefficient (Wildman–Crippen LogP) is 8.45. The van der Waals surface area contributed by atoms with Crippen LogP contribution in [-0.2, 0) is 4.79 Å². The van der Waals surface area contributed by atoms with Gasteiger partial charge in [-0.1, -0.05) is 20.8 Å². The Balaban J connectivity index is 1.06. The number of carbonyl (C=O) groups excluding carboxylic acids is 1. The first kappa shape index (κ1) is 29.3. The van der Waals surface area contributed by atoms with Gasteiger partial charge < -0.3 is 21.5 Å². The van der Waals surface area contributed by atoms with E-state index in [1.807, 2.05) is 12.1 Å². The molecule has 9 atom stereocenters. The van der Waals surface area contributed by atoms with E-state index in [2.05, 4.69) is 26.1 Å². The van der Waals surface area contributed by atoms with Crippen molar-refractivity contribution in [1.29, 1.82) is 0 Å². The molecule has 2 aromatic rings. The van der Waals surface area contributed by atoms with Crippen LogP contribution in [0.5, 0.6) is 5.75 Å². The molecule has 6 rings (SSSR count). The van der Waals surface area contributed by atoms with Crippen LogP contribution in [0, 0.1) is 52.2 Å². The average Bonchev–Trinajstić information content (AvgIpc) is 3.32. The molecule has 2 aromatic carbocycles. The SMILES string of the molecule is C[C@H](CCC(=O)Nc1ccc(F)cc1)[C@H]1CC[C@H]2[C@@H]3CCC4CC(Oc5ccc(N)cc5N)CC[C@]4(C)[C@H]3CC[C@]12C. The van der Waals surface area contributed by atoms with Crippen LogP contribution in [0.4, 0.5) is 21.5 Å². The molecule has 0 bridgehead atoms. The second kappa shape index (κ2) is 11.4. The highest BCUT2D eigenvalue weighted by Gasteiger charge is 2.60. The van der Waals surface area contributed by atoms with E-state index in [0.29, 0.717) is 52.1 Å². The van der Waals surface area contributed by atoms with Crippen LogP contribution in [0.2, 0.25) is 0 Å². The van der Waals surface area contributed by atoms with E-state index >= 15 is 0 Å². The molecule has 1 amide bonds. The van der Waals surface area contributed by atoms with Crippen LogP contribution in [0.1, 0.15) is 91.4 Å². The van der Waals surface area contributed by atoms with E-state index in [-0.39, 0.29) is 17.8 Å². The van der Waals surface area contributed by atoms with Crippen molar-refractivity contribution in [2.24, 2.45) is 46.3 Å². The predicted molar refractivity (Wildman–Crippen MR) is 168 cm³/mol. The van der Waals surface area contributed by atoms with Gasteiger partial charge in [0.15, 0.2) is 0 Å². The maximum absolute atomic E-state index is 13.2. The minimum Gasteiger partial charge on any atom is -0.488 e. The molecular formula is C36H50FN3O2. The van der Waals surface area contributed by atoms with E-state index in [9.17, 15) is 9.18 Å². The molecule has 0 radical (unpaired) electrons. The Morgan fingerprint density at radius 3 is 2.48 bits per heavy atom. The van der Waals surface area contributed by atoms with Crippen molar-refractivity contribution in [2.75, 3.05) is 16.8 Å². The lowest BCUT2D eigenvalue weighted by Crippen LogP contribution is -2.54. The fourth-order valence-electron chi connectivity index (χ4n) is 10.5. The average molecular weight is 576 g/mol. The zero-order chi connectivity index (χ0) is 29.6. The van der Waals surface area contributed by atoms with Gasteiger partial charge in [-0.2, -0.15) is 0 Å². The first-order valence-corrected chi connectivity index (χ1v) is 16.4. The number of anilines is 3. The molecule has 0 aromatic heterocycles. The summed E-state index contributed by atoms with van der Waals surface area (Å²) in [4.78, 5) is 12.7. The van der Waals surface area contributed by atoms with E-state index in [4.69, 9.17) is 16.2 Å². The topological polar surface area (TPSA) is 90.4 Å². The first-order chi connectivity index (χ1) is 20.1. The van der Waals surface area contributed by atoms with Crippen molar-refractivity contribution in [3.8, 4) is 5.75 Å². The molecular weight excluding hydrogens is 525 g/mol. The van der Waals surface area contributed by atoms with E-state index in [1.165, 1.54) is 57.1 Å². The second-order valence-corrected chi connectivity index (χ2v) is 14.8. The van der Waals surface area contributed by atoms with Crippen molar-refractivity contribution < 1.29 is 13.9 Å². The number of rotatable bonds is 7. The number of hydrogen-bond acceptors (Lipinski definition) is 4. The second-order valence-electron chi connectivity index (χ2n) is 14.8. The lowest BCUT2D eigenvalue weighted by Gasteiger charge is -2.61. The Hall–Kier alpha value is -2.76. The van der Waals surface area contributed by atoms with Crippen LogP contribution in [0.3, 0.4) is 0 Å². The molecule has 5 nitrogen and oxygen atoms in total. The first-order valence-electron chi connectivity index (χ1n) is 16.4. The molecule has 5 N–H and O–H groups in total. The van der Waals surface area contributed by atoms with Crippen LogP contribution < -0.4 is 21.5 Å². The number of carbonyl (C=O) groups is 1. The number of nitrogens with two attached hydrogens (primary N) is 2. The Morgan fingerprint density at radius 2 is 1.71 bits per heavy atom. The normalized spacial score (nSPS) is 36.3. The van der Waals surface area contributed by atoms with Gasteiger partial charge in [-0.25, -0.2) is 4.39 Å². The summed E-state index contributed by atoms with van der Waals surface area (Å²) in [6.07, 6.45) is 13.1. The van der Waals surface area contributed by atoms with E-state index in [0.717, 1.165) is 42.8 Å². The number of amides is 1. The Kier molecular flexibility index (Phi) is 7.95. The maximum Gasteiger partial charge on any atom is 0.224 e. The zero-order valence-electron chi connectivity index (χ0n) is 25.7. The fourth-order valence-corrected chi connectivity index (χ4v) is 10.5. The Labute approximate surface area is 251 Å². The molecule has 4 fully saturated rings. The van der Waals surface area contributed by atoms with Gasteiger partial charge in [-0.05, 0) is 153 Å². The largest absolute Gasteiger partial charge is 0.488 e. The number of halogens is 1. The highest BCUT2D eigenvalue weighted by Crippen LogP contribution is 2.68. The van der Waals surface area contributed by atoms with Crippen molar-refractivity contribution in [1.82, 2.24) is 0 Å². The van der Waals surface area contributed by atoms with Crippen LogP contribution >= 0.6 is 0 Å². The summed E-state index contributed by atoms with van der Waals surface area (Å²) in [5.74, 6) is 4.88. The standard InChI is InChI=1S/C36H50FN3O2/c1-22(4-15-34(41)40-26-9-6-24(37)7-10-26)29-12-13-30-28-11-5-23-20-27(42-33-14-8-25(38)21-32(33)39)16-18-35(23,2)31(28)17-19-36(29,30)3/h6-10,14,21-23,27-31H,4-5,11-13,15-20,38-39H2,1-3H3,(H,40,41)/t22-,23?,27?,28+,29-,30+,31+,35+,36-/m1/s1. The van der Waals surface area contributed by atoms with Gasteiger partial charge in [-0.15, -0.1) is 0 Å². The van der Waals surface area contributed by atoms with Gasteiger partial charge in [0.2, 0.25) is 5.91 Å². The summed E-state index contributed by atoms with van der Waals surface area (Å²) in [6, 6.07) is 11.6. The monoisotopic (exact) mass is 575 g/mol. The quantitative estimate of drug-likeness (QED) is 0.289. The van der Waals surface area contributed by atoms with Crippen LogP contribution in [0.25, 0.3) is 0 Å². The molecule has 2 unspecified atom stereocenters. The van der Waals surface area contributed by atoms with Crippen molar-refractivity contribution in [2.45, 2.75) is 97.5 Å². The summed E-state index contributed by atoms with van der Waals surface area (Å²) < 4.78 is 19.7. The van der Waals surface area contributed by atoms with Gasteiger partial charge in [0.25, 0.3) is 0 Å². The number of nitrogen functional groups attached to an aromatic ring is 2. The molecule has 228 valence electrons. The van der Waals surface area contributed by atoms with E-state index < -0.39 is 0 Å². The summed E-state index contributed by atoms with van der Waals surface area (Å²) in [5, 5.41) is 2.94. The lowest BCUT2D eigenvalue weighted by molar-refractivity contribution is -0.127. The molecule has 0 heterocycles. The minimum absolute atomic E-state index is 0.0294. The smallest absolute Gasteiger partial charge is 0.224 e. The van der Waals surface area contributed by atoms with E-state index in [1.54, 1.807) is 18.2 Å². The molecule has 0 saturated heterocycles. The van der Waals surface area contributed by atoms with Crippen molar-refractivity contribution in [3.05, 3.63) is 48.3 Å². The number of nitrogens with one attached hydrogen (secondary N) is 1. The summed E-state index contributed by atoms with van der Waals surface area (Å²) >= 11 is 0. The maximum atomic E-state index is 13.2.